The molecule has 4 aliphatic heterocycles. The van der Waals surface area contributed by atoms with Crippen molar-refractivity contribution < 1.29 is 16.8 Å². The molecule has 4 aromatic carbocycles. The summed E-state index contributed by atoms with van der Waals surface area (Å²) in [5, 5.41) is 0. The summed E-state index contributed by atoms with van der Waals surface area (Å²) in [4.78, 5) is 14.3. The minimum absolute atomic E-state index is 0.296. The van der Waals surface area contributed by atoms with Gasteiger partial charge in [0.1, 0.15) is 21.5 Å². The monoisotopic (exact) mass is 676 g/mol. The van der Waals surface area contributed by atoms with E-state index in [0.717, 1.165) is 59.6 Å². The van der Waals surface area contributed by atoms with Crippen molar-refractivity contribution in [2.75, 3.05) is 36.0 Å². The third-order valence-corrected chi connectivity index (χ3v) is 12.4. The van der Waals surface area contributed by atoms with Crippen LogP contribution in [0.1, 0.15) is 35.1 Å². The number of aryl methyl sites for hydroxylation is 2. The summed E-state index contributed by atoms with van der Waals surface area (Å²) in [6.45, 7) is 6.79. The number of benzene rings is 4. The molecule has 48 heavy (non-hydrogen) atoms. The number of fused-ring (bicyclic) bond motifs is 6. The molecular formula is C38H36N4O4S2. The smallest absolute Gasteiger partial charge is 0.210 e. The minimum atomic E-state index is -3.60. The van der Waals surface area contributed by atoms with Gasteiger partial charge in [-0.3, -0.25) is 9.98 Å². The first kappa shape index (κ1) is 31.8. The lowest BCUT2D eigenvalue weighted by Gasteiger charge is -2.34. The highest BCUT2D eigenvalue weighted by Gasteiger charge is 2.36. The highest BCUT2D eigenvalue weighted by Crippen LogP contribution is 2.37. The third-order valence-electron chi connectivity index (χ3n) is 8.82. The van der Waals surface area contributed by atoms with Gasteiger partial charge < -0.3 is 9.80 Å². The lowest BCUT2D eigenvalue weighted by atomic mass is 10.1. The third kappa shape index (κ3) is 5.79. The van der Waals surface area contributed by atoms with Crippen molar-refractivity contribution in [3.8, 4) is 0 Å². The molecule has 0 aromatic heterocycles. The molecule has 0 bridgehead atoms. The molecule has 244 valence electrons. The van der Waals surface area contributed by atoms with E-state index in [1.54, 1.807) is 36.4 Å². The first-order valence-corrected chi connectivity index (χ1v) is 19.0. The predicted octanol–water partition coefficient (Wildman–Crippen LogP) is 6.86. The van der Waals surface area contributed by atoms with Crippen LogP contribution in [0, 0.1) is 13.8 Å². The maximum absolute atomic E-state index is 13.2. The number of hydrogen-bond acceptors (Lipinski definition) is 8. The van der Waals surface area contributed by atoms with Gasteiger partial charge in [-0.15, -0.1) is 0 Å². The van der Waals surface area contributed by atoms with Crippen LogP contribution in [0.4, 0.5) is 11.4 Å². The number of para-hydroxylation sites is 2. The van der Waals surface area contributed by atoms with Gasteiger partial charge in [-0.05, 0) is 86.4 Å². The molecule has 0 N–H and O–H groups in total. The summed E-state index contributed by atoms with van der Waals surface area (Å²) in [6.07, 6.45) is 5.36. The Hall–Kier alpha value is -4.80. The van der Waals surface area contributed by atoms with Crippen LogP contribution in [-0.2, 0) is 19.7 Å². The molecule has 0 atom stereocenters. The second-order valence-corrected chi connectivity index (χ2v) is 16.0. The molecule has 4 aromatic rings. The van der Waals surface area contributed by atoms with E-state index in [1.807, 2.05) is 96.4 Å². The van der Waals surface area contributed by atoms with Crippen LogP contribution in [0.3, 0.4) is 0 Å². The number of rotatable bonds is 4. The standard InChI is InChI=1S/2C19H18N2O2S/c2*1-14-7-9-16(10-8-14)24(22,23)18-13-15-5-2-3-6-17(15)21-12-4-11-20-19(18)21/h2*2-3,5-10,13H,4,11-12H2,1H3. The lowest BCUT2D eigenvalue weighted by Crippen LogP contribution is -2.40. The second-order valence-electron chi connectivity index (χ2n) is 12.2. The topological polar surface area (TPSA) is 99.5 Å². The van der Waals surface area contributed by atoms with Gasteiger partial charge in [0, 0.05) is 37.6 Å². The summed E-state index contributed by atoms with van der Waals surface area (Å²) in [5.41, 5.74) is 5.97. The number of hydrogen-bond donors (Lipinski definition) is 0. The summed E-state index contributed by atoms with van der Waals surface area (Å²) < 4.78 is 52.7. The second kappa shape index (κ2) is 12.7. The zero-order chi connectivity index (χ0) is 33.5. The van der Waals surface area contributed by atoms with Crippen LogP contribution in [0.5, 0.6) is 0 Å². The number of anilines is 2. The van der Waals surface area contributed by atoms with Gasteiger partial charge >= 0.3 is 0 Å². The molecule has 0 fully saturated rings. The average Bonchev–Trinajstić information content (AvgIpc) is 3.11. The quantitative estimate of drug-likeness (QED) is 0.234. The average molecular weight is 677 g/mol. The maximum Gasteiger partial charge on any atom is 0.210 e. The van der Waals surface area contributed by atoms with Crippen LogP contribution in [0.15, 0.2) is 127 Å². The van der Waals surface area contributed by atoms with Gasteiger partial charge in [-0.1, -0.05) is 71.8 Å². The molecule has 0 radical (unpaired) electrons. The van der Waals surface area contributed by atoms with Crippen LogP contribution in [0.25, 0.3) is 12.2 Å². The van der Waals surface area contributed by atoms with E-state index >= 15 is 0 Å². The fraction of sp³-hybridized carbons (Fsp3) is 0.211. The SMILES string of the molecule is Cc1ccc(S(=O)(=O)C2=Cc3ccccc3N3CCCN=C23)cc1.Cc1ccc(S(=O)(=O)C2=Cc3ccccc3N3CCCN=C23)cc1. The normalized spacial score (nSPS) is 16.8. The Morgan fingerprint density at radius 1 is 0.521 bits per heavy atom. The van der Waals surface area contributed by atoms with E-state index in [-0.39, 0.29) is 0 Å². The largest absolute Gasteiger partial charge is 0.325 e. The van der Waals surface area contributed by atoms with Crippen molar-refractivity contribution >= 4 is 54.9 Å². The fourth-order valence-electron chi connectivity index (χ4n) is 6.31. The first-order valence-electron chi connectivity index (χ1n) is 16.0. The molecule has 4 heterocycles. The summed E-state index contributed by atoms with van der Waals surface area (Å²) >= 11 is 0. The van der Waals surface area contributed by atoms with Crippen molar-refractivity contribution in [3.63, 3.8) is 0 Å². The van der Waals surface area contributed by atoms with Crippen molar-refractivity contribution in [2.24, 2.45) is 9.98 Å². The molecule has 8 nitrogen and oxygen atoms in total. The van der Waals surface area contributed by atoms with Crippen molar-refractivity contribution in [3.05, 3.63) is 129 Å². The van der Waals surface area contributed by atoms with E-state index in [4.69, 9.17) is 0 Å². The molecule has 0 saturated heterocycles. The van der Waals surface area contributed by atoms with Crippen molar-refractivity contribution in [1.29, 1.82) is 0 Å². The number of aliphatic imine (C=N–C) groups is 2. The van der Waals surface area contributed by atoms with Gasteiger partial charge in [0.2, 0.25) is 19.7 Å². The number of amidine groups is 2. The summed E-state index contributed by atoms with van der Waals surface area (Å²) in [7, 11) is -7.21. The summed E-state index contributed by atoms with van der Waals surface area (Å²) in [6, 6.07) is 29.7. The molecule has 0 unspecified atom stereocenters. The zero-order valence-electron chi connectivity index (χ0n) is 26.9. The molecule has 8 rings (SSSR count). The van der Waals surface area contributed by atoms with Crippen molar-refractivity contribution in [1.82, 2.24) is 0 Å². The molecule has 0 spiro atoms. The molecular weight excluding hydrogens is 641 g/mol. The first-order chi connectivity index (χ1) is 23.1. The Balaban J connectivity index is 0.000000152. The summed E-state index contributed by atoms with van der Waals surface area (Å²) in [5.74, 6) is 1.14. The van der Waals surface area contributed by atoms with Gasteiger partial charge in [-0.2, -0.15) is 0 Å². The van der Waals surface area contributed by atoms with E-state index in [9.17, 15) is 16.8 Å². The van der Waals surface area contributed by atoms with E-state index in [0.29, 0.717) is 44.4 Å². The van der Waals surface area contributed by atoms with E-state index in [1.165, 1.54) is 0 Å². The van der Waals surface area contributed by atoms with E-state index in [2.05, 4.69) is 9.98 Å². The lowest BCUT2D eigenvalue weighted by molar-refractivity contribution is 0.601. The maximum atomic E-state index is 13.2. The molecule has 0 aliphatic carbocycles. The highest BCUT2D eigenvalue weighted by atomic mass is 32.2. The predicted molar refractivity (Wildman–Crippen MR) is 194 cm³/mol. The number of nitrogens with zero attached hydrogens (tertiary/aromatic N) is 4. The molecule has 10 heteroatoms. The molecule has 0 amide bonds. The Morgan fingerprint density at radius 3 is 1.29 bits per heavy atom. The Bertz CT molecular complexity index is 2080. The Morgan fingerprint density at radius 2 is 0.896 bits per heavy atom. The Kier molecular flexibility index (Phi) is 8.39. The van der Waals surface area contributed by atoms with Crippen LogP contribution in [-0.4, -0.2) is 54.7 Å². The number of sulfone groups is 2. The van der Waals surface area contributed by atoms with E-state index < -0.39 is 19.7 Å². The molecule has 4 aliphatic rings. The fourth-order valence-corrected chi connectivity index (χ4v) is 9.20. The van der Waals surface area contributed by atoms with Crippen LogP contribution in [0.2, 0.25) is 0 Å². The van der Waals surface area contributed by atoms with Crippen molar-refractivity contribution in [2.45, 2.75) is 36.5 Å². The van der Waals surface area contributed by atoms with Gasteiger partial charge in [0.05, 0.1) is 9.79 Å². The zero-order valence-corrected chi connectivity index (χ0v) is 28.5. The molecule has 0 saturated carbocycles. The highest BCUT2D eigenvalue weighted by molar-refractivity contribution is 7.96. The van der Waals surface area contributed by atoms with Gasteiger partial charge in [-0.25, -0.2) is 16.8 Å². The van der Waals surface area contributed by atoms with Crippen LogP contribution < -0.4 is 9.80 Å². The van der Waals surface area contributed by atoms with Gasteiger partial charge in [0.25, 0.3) is 0 Å². The Labute approximate surface area is 282 Å². The van der Waals surface area contributed by atoms with Gasteiger partial charge in [0.15, 0.2) is 0 Å². The minimum Gasteiger partial charge on any atom is -0.325 e. The van der Waals surface area contributed by atoms with Crippen LogP contribution >= 0.6 is 0 Å².